The van der Waals surface area contributed by atoms with E-state index in [0.717, 1.165) is 4.90 Å². The van der Waals surface area contributed by atoms with Gasteiger partial charge in [0.1, 0.15) is 5.75 Å². The number of carbonyl (C=O) groups excluding carboxylic acids is 1. The predicted molar refractivity (Wildman–Crippen MR) is 93.8 cm³/mol. The van der Waals surface area contributed by atoms with Crippen LogP contribution in [0.2, 0.25) is 15.1 Å². The number of halogens is 3. The van der Waals surface area contributed by atoms with E-state index in [9.17, 15) is 4.79 Å². The van der Waals surface area contributed by atoms with E-state index < -0.39 is 0 Å². The molecule has 3 nitrogen and oxygen atoms in total. The van der Waals surface area contributed by atoms with Gasteiger partial charge in [-0.25, -0.2) is 0 Å². The molecule has 116 valence electrons. The Bertz CT molecular complexity index is 694. The van der Waals surface area contributed by atoms with E-state index in [1.165, 1.54) is 18.9 Å². The van der Waals surface area contributed by atoms with Gasteiger partial charge < -0.3 is 10.1 Å². The summed E-state index contributed by atoms with van der Waals surface area (Å²) in [5, 5.41) is 4.41. The Morgan fingerprint density at radius 2 is 1.82 bits per heavy atom. The molecule has 0 spiro atoms. The van der Waals surface area contributed by atoms with Crippen LogP contribution in [0.25, 0.3) is 0 Å². The fourth-order valence-electron chi connectivity index (χ4n) is 1.70. The number of hydrogen-bond donors (Lipinski definition) is 1. The van der Waals surface area contributed by atoms with Crippen LogP contribution in [0.4, 0.5) is 5.69 Å². The topological polar surface area (TPSA) is 38.3 Å². The number of thioether (sulfide) groups is 1. The van der Waals surface area contributed by atoms with Crippen molar-refractivity contribution in [2.24, 2.45) is 0 Å². The summed E-state index contributed by atoms with van der Waals surface area (Å²) < 4.78 is 5.18. The Morgan fingerprint density at radius 3 is 2.55 bits per heavy atom. The number of anilines is 1. The van der Waals surface area contributed by atoms with Crippen LogP contribution in [-0.4, -0.2) is 18.8 Å². The number of carbonyl (C=O) groups is 1. The van der Waals surface area contributed by atoms with Crippen LogP contribution < -0.4 is 10.1 Å². The Morgan fingerprint density at radius 1 is 1.14 bits per heavy atom. The van der Waals surface area contributed by atoms with Crippen molar-refractivity contribution in [3.8, 4) is 5.75 Å². The first kappa shape index (κ1) is 17.3. The molecule has 0 bridgehead atoms. The fourth-order valence-corrected chi connectivity index (χ4v) is 3.16. The highest BCUT2D eigenvalue weighted by Crippen LogP contribution is 2.31. The molecule has 2 aromatic carbocycles. The maximum absolute atomic E-state index is 12.1. The quantitative estimate of drug-likeness (QED) is 0.711. The highest BCUT2D eigenvalue weighted by molar-refractivity contribution is 8.00. The van der Waals surface area contributed by atoms with Gasteiger partial charge in [0, 0.05) is 14.9 Å². The third-order valence-corrected chi connectivity index (χ3v) is 4.65. The molecule has 0 radical (unpaired) electrons. The Hall–Kier alpha value is -1.07. The van der Waals surface area contributed by atoms with E-state index in [1.807, 2.05) is 0 Å². The third kappa shape index (κ3) is 4.71. The van der Waals surface area contributed by atoms with Crippen molar-refractivity contribution in [1.82, 2.24) is 0 Å². The summed E-state index contributed by atoms with van der Waals surface area (Å²) in [5.74, 6) is 0.542. The van der Waals surface area contributed by atoms with E-state index in [4.69, 9.17) is 39.5 Å². The minimum Gasteiger partial charge on any atom is -0.495 e. The first-order valence-electron chi connectivity index (χ1n) is 6.21. The summed E-state index contributed by atoms with van der Waals surface area (Å²) in [6, 6.07) is 10.1. The van der Waals surface area contributed by atoms with Crippen molar-refractivity contribution in [2.75, 3.05) is 18.2 Å². The van der Waals surface area contributed by atoms with Gasteiger partial charge in [0.15, 0.2) is 0 Å². The maximum Gasteiger partial charge on any atom is 0.234 e. The number of nitrogens with one attached hydrogen (secondary N) is 1. The summed E-state index contributed by atoms with van der Waals surface area (Å²) in [6.07, 6.45) is 0. The van der Waals surface area contributed by atoms with E-state index in [2.05, 4.69) is 5.32 Å². The van der Waals surface area contributed by atoms with Crippen LogP contribution in [0, 0.1) is 0 Å². The van der Waals surface area contributed by atoms with Crippen LogP contribution in [0.15, 0.2) is 41.3 Å². The second-order valence-electron chi connectivity index (χ2n) is 4.26. The standard InChI is InChI=1S/C15H12Cl3NO2S/c1-21-13-5-3-9(16)6-12(13)19-15(20)8-22-14-7-10(17)2-4-11(14)18/h2-7H,8H2,1H3,(H,19,20). The summed E-state index contributed by atoms with van der Waals surface area (Å²) in [7, 11) is 1.53. The normalized spacial score (nSPS) is 10.4. The SMILES string of the molecule is COc1ccc(Cl)cc1NC(=O)CSc1cc(Cl)ccc1Cl. The third-order valence-electron chi connectivity index (χ3n) is 2.69. The molecule has 0 unspecified atom stereocenters. The predicted octanol–water partition coefficient (Wildman–Crippen LogP) is 5.39. The zero-order valence-electron chi connectivity index (χ0n) is 11.5. The van der Waals surface area contributed by atoms with Crippen molar-refractivity contribution >= 4 is 58.2 Å². The van der Waals surface area contributed by atoms with Gasteiger partial charge in [0.25, 0.3) is 0 Å². The summed E-state index contributed by atoms with van der Waals surface area (Å²) in [4.78, 5) is 12.8. The molecule has 2 rings (SSSR count). The van der Waals surface area contributed by atoms with Crippen molar-refractivity contribution in [2.45, 2.75) is 4.90 Å². The lowest BCUT2D eigenvalue weighted by Gasteiger charge is -2.10. The number of hydrogen-bond acceptors (Lipinski definition) is 3. The number of benzene rings is 2. The van der Waals surface area contributed by atoms with Gasteiger partial charge in [-0.1, -0.05) is 34.8 Å². The molecule has 1 N–H and O–H groups in total. The van der Waals surface area contributed by atoms with Crippen LogP contribution in [0.5, 0.6) is 5.75 Å². The minimum absolute atomic E-state index is 0.190. The van der Waals surface area contributed by atoms with Crippen molar-refractivity contribution in [3.63, 3.8) is 0 Å². The van der Waals surface area contributed by atoms with Gasteiger partial charge in [0.2, 0.25) is 5.91 Å². The molecule has 0 aliphatic rings. The van der Waals surface area contributed by atoms with Crippen molar-refractivity contribution in [3.05, 3.63) is 51.5 Å². The van der Waals surface area contributed by atoms with Gasteiger partial charge >= 0.3 is 0 Å². The molecule has 0 aliphatic heterocycles. The molecular weight excluding hydrogens is 365 g/mol. The van der Waals surface area contributed by atoms with Crippen molar-refractivity contribution < 1.29 is 9.53 Å². The number of methoxy groups -OCH3 is 1. The molecule has 2 aromatic rings. The van der Waals surface area contributed by atoms with E-state index in [1.54, 1.807) is 36.4 Å². The molecule has 7 heteroatoms. The molecule has 0 aromatic heterocycles. The van der Waals surface area contributed by atoms with Gasteiger partial charge in [-0.05, 0) is 36.4 Å². The van der Waals surface area contributed by atoms with Gasteiger partial charge in [-0.2, -0.15) is 0 Å². The molecule has 22 heavy (non-hydrogen) atoms. The zero-order chi connectivity index (χ0) is 16.1. The first-order chi connectivity index (χ1) is 10.5. The Labute approximate surface area is 147 Å². The molecule has 1 amide bonds. The lowest BCUT2D eigenvalue weighted by molar-refractivity contribution is -0.113. The number of amides is 1. The summed E-state index contributed by atoms with van der Waals surface area (Å²) in [5.41, 5.74) is 0.526. The molecule has 0 aliphatic carbocycles. The smallest absolute Gasteiger partial charge is 0.234 e. The molecule has 0 fully saturated rings. The second kappa shape index (κ2) is 7.97. The number of ether oxygens (including phenoxy) is 1. The van der Waals surface area contributed by atoms with E-state index in [0.29, 0.717) is 26.5 Å². The first-order valence-corrected chi connectivity index (χ1v) is 8.33. The molecular formula is C15H12Cl3NO2S. The Kier molecular flexibility index (Phi) is 6.26. The van der Waals surface area contributed by atoms with Gasteiger partial charge in [0.05, 0.1) is 23.6 Å². The molecule has 0 saturated carbocycles. The lowest BCUT2D eigenvalue weighted by Crippen LogP contribution is -2.14. The molecule has 0 saturated heterocycles. The van der Waals surface area contributed by atoms with Crippen LogP contribution >= 0.6 is 46.6 Å². The van der Waals surface area contributed by atoms with Crippen LogP contribution in [0.3, 0.4) is 0 Å². The van der Waals surface area contributed by atoms with Crippen LogP contribution in [0.1, 0.15) is 0 Å². The van der Waals surface area contributed by atoms with Gasteiger partial charge in [-0.3, -0.25) is 4.79 Å². The van der Waals surface area contributed by atoms with Gasteiger partial charge in [-0.15, -0.1) is 11.8 Å². The molecule has 0 atom stereocenters. The van der Waals surface area contributed by atoms with E-state index in [-0.39, 0.29) is 11.7 Å². The van der Waals surface area contributed by atoms with E-state index >= 15 is 0 Å². The monoisotopic (exact) mass is 375 g/mol. The summed E-state index contributed by atoms with van der Waals surface area (Å²) >= 11 is 19.2. The second-order valence-corrected chi connectivity index (χ2v) is 6.55. The highest BCUT2D eigenvalue weighted by atomic mass is 35.5. The largest absolute Gasteiger partial charge is 0.495 e. The average Bonchev–Trinajstić information content (AvgIpc) is 2.48. The van der Waals surface area contributed by atoms with Crippen LogP contribution in [-0.2, 0) is 4.79 Å². The Balaban J connectivity index is 2.01. The lowest BCUT2D eigenvalue weighted by atomic mass is 10.3. The average molecular weight is 377 g/mol. The maximum atomic E-state index is 12.1. The van der Waals surface area contributed by atoms with Crippen molar-refractivity contribution in [1.29, 1.82) is 0 Å². The highest BCUT2D eigenvalue weighted by Gasteiger charge is 2.10. The molecule has 0 heterocycles. The minimum atomic E-state index is -0.193. The number of rotatable bonds is 5. The summed E-state index contributed by atoms with van der Waals surface area (Å²) in [6.45, 7) is 0. The fraction of sp³-hybridized carbons (Fsp3) is 0.133. The zero-order valence-corrected chi connectivity index (χ0v) is 14.6.